The highest BCUT2D eigenvalue weighted by Gasteiger charge is 2.65. The number of hydrogen-bond donors (Lipinski definition) is 1. The van der Waals surface area contributed by atoms with Gasteiger partial charge < -0.3 is 9.63 Å². The van der Waals surface area contributed by atoms with Crippen LogP contribution < -0.4 is 0 Å². The quantitative estimate of drug-likeness (QED) is 0.494. The van der Waals surface area contributed by atoms with Gasteiger partial charge in [0, 0.05) is 27.7 Å². The maximum atomic E-state index is 14.0. The van der Waals surface area contributed by atoms with E-state index < -0.39 is 5.97 Å². The van der Waals surface area contributed by atoms with Crippen molar-refractivity contribution in [2.45, 2.75) is 98.0 Å². The number of aliphatic carboxylic acids is 1. The summed E-state index contributed by atoms with van der Waals surface area (Å²) >= 11 is 0. The first-order chi connectivity index (χ1) is 14.7. The molecule has 11 atom stereocenters. The summed E-state index contributed by atoms with van der Waals surface area (Å²) in [5.41, 5.74) is 0.448. The monoisotopic (exact) mass is 450 g/mol. The molecule has 4 rings (SSSR count). The van der Waals surface area contributed by atoms with Crippen LogP contribution in [0.4, 0.5) is 0 Å². The molecule has 31 heavy (non-hydrogen) atoms. The van der Waals surface area contributed by atoms with Crippen LogP contribution in [0, 0.1) is 52.3 Å². The molecule has 176 valence electrons. The molecule has 4 saturated carbocycles. The van der Waals surface area contributed by atoms with Gasteiger partial charge in [0.15, 0.2) is 0 Å². The lowest BCUT2D eigenvalue weighted by Crippen LogP contribution is -2.60. The van der Waals surface area contributed by atoms with Crippen molar-refractivity contribution in [2.75, 3.05) is 0 Å². The topological polar surface area (TPSA) is 63.6 Å². The third-order valence-electron chi connectivity index (χ3n) is 10.9. The summed E-state index contributed by atoms with van der Waals surface area (Å²) in [5.74, 6) is 2.71. The molecule has 4 nitrogen and oxygen atoms in total. The summed E-state index contributed by atoms with van der Waals surface area (Å²) in [7, 11) is 2.46. The van der Waals surface area contributed by atoms with Crippen LogP contribution in [0.1, 0.15) is 91.9 Å². The van der Waals surface area contributed by atoms with Gasteiger partial charge in [-0.2, -0.15) is 0 Å². The van der Waals surface area contributed by atoms with E-state index in [2.05, 4.69) is 37.2 Å². The minimum atomic E-state index is -0.687. The second-order valence-corrected chi connectivity index (χ2v) is 12.2. The van der Waals surface area contributed by atoms with Gasteiger partial charge in [0.25, 0.3) is 0 Å². The van der Waals surface area contributed by atoms with Gasteiger partial charge in [-0.05, 0) is 98.2 Å². The van der Waals surface area contributed by atoms with E-state index in [1.165, 1.54) is 25.7 Å². The smallest absolute Gasteiger partial charge is 0.303 e. The molecule has 5 heteroatoms. The minimum absolute atomic E-state index is 0.181. The molecule has 0 aliphatic heterocycles. The Bertz CT molecular complexity index is 710. The molecular formula is C26H43O4P. The Kier molecular flexibility index (Phi) is 6.65. The van der Waals surface area contributed by atoms with E-state index in [9.17, 15) is 9.59 Å². The summed E-state index contributed by atoms with van der Waals surface area (Å²) in [5, 5.41) is 9.17. The molecule has 1 N–H and O–H groups in total. The lowest BCUT2D eigenvalue weighted by Gasteiger charge is -2.62. The van der Waals surface area contributed by atoms with E-state index in [1.54, 1.807) is 0 Å². The highest BCUT2D eigenvalue weighted by atomic mass is 31.0. The summed E-state index contributed by atoms with van der Waals surface area (Å²) in [6, 6.07) is 0. The molecule has 4 aliphatic rings. The van der Waals surface area contributed by atoms with Crippen molar-refractivity contribution in [3.8, 4) is 0 Å². The van der Waals surface area contributed by atoms with Gasteiger partial charge >= 0.3 is 5.97 Å². The predicted octanol–water partition coefficient (Wildman–Crippen LogP) is 6.14. The van der Waals surface area contributed by atoms with Gasteiger partial charge in [0.05, 0.1) is 6.10 Å². The second-order valence-electron chi connectivity index (χ2n) is 11.9. The van der Waals surface area contributed by atoms with E-state index in [0.29, 0.717) is 35.4 Å². The first-order valence-electron chi connectivity index (χ1n) is 12.8. The van der Waals surface area contributed by atoms with Gasteiger partial charge in [-0.15, -0.1) is 0 Å². The molecule has 0 aromatic heterocycles. The SMILES string of the molecule is CC[C@H]1C(=O)C2C3CCC([C@H](C)CCC(=O)O)[C@@]3(C)CCC2[C@@]2(C)CC[C@@H](OP)CC12. The van der Waals surface area contributed by atoms with Crippen LogP contribution in [0.25, 0.3) is 0 Å². The van der Waals surface area contributed by atoms with Crippen molar-refractivity contribution >= 4 is 21.2 Å². The molecule has 4 fully saturated rings. The van der Waals surface area contributed by atoms with Gasteiger partial charge in [-0.25, -0.2) is 0 Å². The lowest BCUT2D eigenvalue weighted by atomic mass is 9.42. The molecule has 6 unspecified atom stereocenters. The summed E-state index contributed by atoms with van der Waals surface area (Å²) < 4.78 is 5.68. The fourth-order valence-electron chi connectivity index (χ4n) is 9.27. The number of fused-ring (bicyclic) bond motifs is 5. The normalized spacial score (nSPS) is 47.9. The molecular weight excluding hydrogens is 407 g/mol. The van der Waals surface area contributed by atoms with Crippen LogP contribution in [-0.2, 0) is 14.1 Å². The Morgan fingerprint density at radius 3 is 2.45 bits per heavy atom. The molecule has 0 aromatic rings. The van der Waals surface area contributed by atoms with Crippen LogP contribution >= 0.6 is 9.47 Å². The number of carbonyl (C=O) groups excluding carboxylic acids is 1. The zero-order valence-electron chi connectivity index (χ0n) is 19.9. The summed E-state index contributed by atoms with van der Waals surface area (Å²) in [4.78, 5) is 25.2. The summed E-state index contributed by atoms with van der Waals surface area (Å²) in [6.45, 7) is 9.42. The zero-order valence-corrected chi connectivity index (χ0v) is 21.1. The van der Waals surface area contributed by atoms with Crippen LogP contribution in [0.5, 0.6) is 0 Å². The number of Topliss-reactive ketones (excluding diaryl/α,β-unsaturated/α-hetero) is 1. The molecule has 0 heterocycles. The van der Waals surface area contributed by atoms with Gasteiger partial charge in [-0.3, -0.25) is 9.59 Å². The molecule has 0 radical (unpaired) electrons. The van der Waals surface area contributed by atoms with E-state index >= 15 is 0 Å². The van der Waals surface area contributed by atoms with Crippen molar-refractivity contribution in [1.29, 1.82) is 0 Å². The fourth-order valence-corrected chi connectivity index (χ4v) is 9.52. The molecule has 4 aliphatic carbocycles. The second kappa shape index (κ2) is 8.71. The van der Waals surface area contributed by atoms with E-state index in [1.807, 2.05) is 0 Å². The number of carboxylic acids is 1. The third kappa shape index (κ3) is 3.72. The maximum absolute atomic E-state index is 14.0. The highest BCUT2D eigenvalue weighted by molar-refractivity contribution is 7.09. The molecule has 0 aromatic carbocycles. The van der Waals surface area contributed by atoms with Crippen molar-refractivity contribution in [2.24, 2.45) is 52.3 Å². The first-order valence-corrected chi connectivity index (χ1v) is 13.3. The van der Waals surface area contributed by atoms with Crippen LogP contribution in [0.2, 0.25) is 0 Å². The Morgan fingerprint density at radius 1 is 1.13 bits per heavy atom. The van der Waals surface area contributed by atoms with Crippen molar-refractivity contribution in [3.05, 3.63) is 0 Å². The average Bonchev–Trinajstić information content (AvgIpc) is 3.09. The van der Waals surface area contributed by atoms with Crippen molar-refractivity contribution < 1.29 is 19.2 Å². The van der Waals surface area contributed by atoms with E-state index in [-0.39, 0.29) is 35.2 Å². The lowest BCUT2D eigenvalue weighted by molar-refractivity contribution is -0.172. The Morgan fingerprint density at radius 2 is 1.81 bits per heavy atom. The molecule has 0 bridgehead atoms. The first kappa shape index (κ1) is 23.7. The molecule has 0 amide bonds. The summed E-state index contributed by atoms with van der Waals surface area (Å²) in [6.07, 6.45) is 10.3. The minimum Gasteiger partial charge on any atom is -0.481 e. The number of carbonyl (C=O) groups is 2. The van der Waals surface area contributed by atoms with Crippen LogP contribution in [-0.4, -0.2) is 23.0 Å². The third-order valence-corrected chi connectivity index (χ3v) is 11.3. The zero-order chi connectivity index (χ0) is 22.6. The number of carboxylic acid groups (broad SMARTS) is 1. The van der Waals surface area contributed by atoms with Gasteiger partial charge in [-0.1, -0.05) is 27.7 Å². The van der Waals surface area contributed by atoms with Crippen molar-refractivity contribution in [1.82, 2.24) is 0 Å². The van der Waals surface area contributed by atoms with Gasteiger partial charge in [0.2, 0.25) is 0 Å². The van der Waals surface area contributed by atoms with Crippen LogP contribution in [0.3, 0.4) is 0 Å². The Hall–Kier alpha value is -0.470. The molecule has 0 saturated heterocycles. The average molecular weight is 451 g/mol. The standard InChI is InChI=1S/C26H43O4P/c1-5-17-21-14-16(30-31)10-12-26(21,4)20-11-13-25(3)18(15(2)6-9-22(27)28)7-8-19(25)23(20)24(17)29/h15-21,23H,5-14,31H2,1-4H3,(H,27,28)/t15-,16-,17-,18?,19?,20?,21?,23?,25-,26-/m1/s1. The highest BCUT2D eigenvalue weighted by Crippen LogP contribution is 2.68. The van der Waals surface area contributed by atoms with E-state index in [4.69, 9.17) is 9.63 Å². The number of ketones is 1. The fraction of sp³-hybridized carbons (Fsp3) is 0.923. The molecule has 0 spiro atoms. The predicted molar refractivity (Wildman–Crippen MR) is 125 cm³/mol. The Labute approximate surface area is 190 Å². The van der Waals surface area contributed by atoms with Gasteiger partial charge in [0.1, 0.15) is 5.78 Å². The van der Waals surface area contributed by atoms with Crippen molar-refractivity contribution in [3.63, 3.8) is 0 Å². The van der Waals surface area contributed by atoms with E-state index in [0.717, 1.165) is 32.1 Å². The Balaban J connectivity index is 1.61. The number of hydrogen-bond acceptors (Lipinski definition) is 3. The largest absolute Gasteiger partial charge is 0.481 e. The number of rotatable bonds is 6. The van der Waals surface area contributed by atoms with Crippen LogP contribution in [0.15, 0.2) is 0 Å². The maximum Gasteiger partial charge on any atom is 0.303 e.